The SMILES string of the molecule is COc1cc(CCC(=O)NC(c2cccnc2)c2ccc(C)cc2C)ccc1O. The molecular weight excluding hydrogens is 364 g/mol. The Bertz CT molecular complexity index is 987. The highest BCUT2D eigenvalue weighted by molar-refractivity contribution is 5.77. The van der Waals surface area contributed by atoms with Crippen molar-refractivity contribution < 1.29 is 14.6 Å². The molecule has 0 aliphatic heterocycles. The summed E-state index contributed by atoms with van der Waals surface area (Å²) in [5.41, 5.74) is 5.24. The number of aryl methyl sites for hydroxylation is 3. The van der Waals surface area contributed by atoms with Gasteiger partial charge in [-0.25, -0.2) is 0 Å². The summed E-state index contributed by atoms with van der Waals surface area (Å²) in [6, 6.07) is 15.0. The van der Waals surface area contributed by atoms with Crippen LogP contribution < -0.4 is 10.1 Å². The molecule has 0 saturated carbocycles. The molecule has 1 amide bonds. The number of pyridine rings is 1. The average Bonchev–Trinajstić information content (AvgIpc) is 2.72. The van der Waals surface area contributed by atoms with Crippen LogP contribution in [-0.4, -0.2) is 23.1 Å². The minimum atomic E-state index is -0.258. The molecule has 0 spiro atoms. The molecule has 29 heavy (non-hydrogen) atoms. The number of hydrogen-bond donors (Lipinski definition) is 2. The molecule has 0 radical (unpaired) electrons. The number of phenolic OH excluding ortho intramolecular Hbond substituents is 1. The van der Waals surface area contributed by atoms with Crippen LogP contribution in [0.4, 0.5) is 0 Å². The topological polar surface area (TPSA) is 71.5 Å². The third-order valence-corrected chi connectivity index (χ3v) is 4.94. The standard InChI is InChI=1S/C24H26N2O3/c1-16-6-9-20(17(2)13-16)24(19-5-4-12-25-15-19)26-23(28)11-8-18-7-10-21(27)22(14-18)29-3/h4-7,9-10,12-15,24,27H,8,11H2,1-3H3,(H,26,28). The summed E-state index contributed by atoms with van der Waals surface area (Å²) in [5, 5.41) is 12.9. The quantitative estimate of drug-likeness (QED) is 0.633. The van der Waals surface area contributed by atoms with Crippen molar-refractivity contribution in [2.24, 2.45) is 0 Å². The summed E-state index contributed by atoms with van der Waals surface area (Å²) in [7, 11) is 1.51. The van der Waals surface area contributed by atoms with Crippen molar-refractivity contribution in [1.82, 2.24) is 10.3 Å². The van der Waals surface area contributed by atoms with E-state index >= 15 is 0 Å². The number of ether oxygens (including phenoxy) is 1. The molecule has 3 rings (SSSR count). The molecule has 0 aliphatic carbocycles. The van der Waals surface area contributed by atoms with Crippen molar-refractivity contribution in [1.29, 1.82) is 0 Å². The normalized spacial score (nSPS) is 11.7. The summed E-state index contributed by atoms with van der Waals surface area (Å²) in [4.78, 5) is 17.0. The molecule has 5 heteroatoms. The first-order chi connectivity index (χ1) is 14.0. The lowest BCUT2D eigenvalue weighted by molar-refractivity contribution is -0.121. The Morgan fingerprint density at radius 2 is 2.00 bits per heavy atom. The van der Waals surface area contributed by atoms with E-state index in [9.17, 15) is 9.90 Å². The van der Waals surface area contributed by atoms with Crippen molar-refractivity contribution >= 4 is 5.91 Å². The van der Waals surface area contributed by atoms with E-state index in [-0.39, 0.29) is 17.7 Å². The first-order valence-corrected chi connectivity index (χ1v) is 9.60. The highest BCUT2D eigenvalue weighted by Crippen LogP contribution is 2.28. The number of rotatable bonds is 7. The van der Waals surface area contributed by atoms with Gasteiger partial charge in [-0.05, 0) is 60.7 Å². The Labute approximate surface area is 171 Å². The molecule has 0 fully saturated rings. The molecule has 0 bridgehead atoms. The monoisotopic (exact) mass is 390 g/mol. The van der Waals surface area contributed by atoms with E-state index < -0.39 is 0 Å². The van der Waals surface area contributed by atoms with Crippen molar-refractivity contribution in [3.05, 3.63) is 88.7 Å². The Kier molecular flexibility index (Phi) is 6.50. The maximum absolute atomic E-state index is 12.8. The molecule has 3 aromatic rings. The van der Waals surface area contributed by atoms with Crippen LogP contribution in [0.1, 0.15) is 40.3 Å². The molecule has 2 aromatic carbocycles. The number of benzene rings is 2. The predicted molar refractivity (Wildman–Crippen MR) is 113 cm³/mol. The van der Waals surface area contributed by atoms with E-state index in [0.717, 1.165) is 22.3 Å². The maximum Gasteiger partial charge on any atom is 0.221 e. The second kappa shape index (κ2) is 9.24. The van der Waals surface area contributed by atoms with Crippen molar-refractivity contribution in [2.45, 2.75) is 32.7 Å². The van der Waals surface area contributed by atoms with Gasteiger partial charge in [0, 0.05) is 18.8 Å². The van der Waals surface area contributed by atoms with Gasteiger partial charge in [-0.1, -0.05) is 35.9 Å². The number of aromatic nitrogens is 1. The van der Waals surface area contributed by atoms with Crippen molar-refractivity contribution in [3.63, 3.8) is 0 Å². The van der Waals surface area contributed by atoms with Gasteiger partial charge in [0.1, 0.15) is 0 Å². The van der Waals surface area contributed by atoms with E-state index in [1.807, 2.05) is 12.1 Å². The second-order valence-corrected chi connectivity index (χ2v) is 7.15. The fraction of sp³-hybridized carbons (Fsp3) is 0.250. The molecule has 1 unspecified atom stereocenters. The molecule has 5 nitrogen and oxygen atoms in total. The Balaban J connectivity index is 1.76. The molecule has 1 aromatic heterocycles. The number of nitrogens with one attached hydrogen (secondary N) is 1. The van der Waals surface area contributed by atoms with Gasteiger partial charge in [0.25, 0.3) is 0 Å². The van der Waals surface area contributed by atoms with Crippen molar-refractivity contribution in [2.75, 3.05) is 7.11 Å². The van der Waals surface area contributed by atoms with Gasteiger partial charge in [-0.3, -0.25) is 9.78 Å². The Hall–Kier alpha value is -3.34. The fourth-order valence-corrected chi connectivity index (χ4v) is 3.41. The number of hydrogen-bond acceptors (Lipinski definition) is 4. The molecule has 1 atom stereocenters. The molecule has 0 saturated heterocycles. The van der Waals surface area contributed by atoms with E-state index in [1.54, 1.807) is 30.6 Å². The number of carbonyl (C=O) groups excluding carboxylic acids is 1. The zero-order valence-corrected chi connectivity index (χ0v) is 17.0. The first-order valence-electron chi connectivity index (χ1n) is 9.60. The van der Waals surface area contributed by atoms with E-state index in [0.29, 0.717) is 18.6 Å². The van der Waals surface area contributed by atoms with Crippen LogP contribution in [0.15, 0.2) is 60.9 Å². The predicted octanol–water partition coefficient (Wildman–Crippen LogP) is 4.25. The van der Waals surface area contributed by atoms with E-state index in [1.165, 1.54) is 12.7 Å². The number of methoxy groups -OCH3 is 1. The Morgan fingerprint density at radius 1 is 1.17 bits per heavy atom. The van der Waals surface area contributed by atoms with E-state index in [4.69, 9.17) is 4.74 Å². The molecule has 2 N–H and O–H groups in total. The lowest BCUT2D eigenvalue weighted by atomic mass is 9.94. The van der Waals surface area contributed by atoms with Crippen LogP contribution in [0, 0.1) is 13.8 Å². The lowest BCUT2D eigenvalue weighted by Gasteiger charge is -2.22. The number of carbonyl (C=O) groups is 1. The summed E-state index contributed by atoms with van der Waals surface area (Å²) >= 11 is 0. The van der Waals surface area contributed by atoms with Gasteiger partial charge >= 0.3 is 0 Å². The van der Waals surface area contributed by atoms with Crippen LogP contribution >= 0.6 is 0 Å². The van der Waals surface area contributed by atoms with Crippen LogP contribution in [0.5, 0.6) is 11.5 Å². The summed E-state index contributed by atoms with van der Waals surface area (Å²) in [6.45, 7) is 4.11. The Morgan fingerprint density at radius 3 is 2.69 bits per heavy atom. The van der Waals surface area contributed by atoms with Crippen LogP contribution in [0.25, 0.3) is 0 Å². The van der Waals surface area contributed by atoms with Gasteiger partial charge in [0.2, 0.25) is 5.91 Å². The smallest absolute Gasteiger partial charge is 0.221 e. The number of nitrogens with zero attached hydrogens (tertiary/aromatic N) is 1. The van der Waals surface area contributed by atoms with Crippen LogP contribution in [0.2, 0.25) is 0 Å². The molecule has 0 aliphatic rings. The maximum atomic E-state index is 12.8. The molecule has 150 valence electrons. The third kappa shape index (κ3) is 5.13. The third-order valence-electron chi connectivity index (χ3n) is 4.94. The zero-order valence-electron chi connectivity index (χ0n) is 17.0. The van der Waals surface area contributed by atoms with E-state index in [2.05, 4.69) is 42.3 Å². The van der Waals surface area contributed by atoms with Crippen molar-refractivity contribution in [3.8, 4) is 11.5 Å². The van der Waals surface area contributed by atoms with Gasteiger partial charge < -0.3 is 15.2 Å². The summed E-state index contributed by atoms with van der Waals surface area (Å²) in [6.07, 6.45) is 4.39. The average molecular weight is 390 g/mol. The highest BCUT2D eigenvalue weighted by atomic mass is 16.5. The van der Waals surface area contributed by atoms with Crippen LogP contribution in [-0.2, 0) is 11.2 Å². The summed E-state index contributed by atoms with van der Waals surface area (Å²) in [5.74, 6) is 0.449. The van der Waals surface area contributed by atoms with Crippen LogP contribution in [0.3, 0.4) is 0 Å². The molecule has 1 heterocycles. The zero-order chi connectivity index (χ0) is 20.8. The minimum absolute atomic E-state index is 0.0501. The number of phenols is 1. The fourth-order valence-electron chi connectivity index (χ4n) is 3.41. The second-order valence-electron chi connectivity index (χ2n) is 7.15. The van der Waals surface area contributed by atoms with Gasteiger partial charge in [0.05, 0.1) is 13.2 Å². The number of amides is 1. The number of aromatic hydroxyl groups is 1. The van der Waals surface area contributed by atoms with Gasteiger partial charge in [-0.15, -0.1) is 0 Å². The largest absolute Gasteiger partial charge is 0.504 e. The van der Waals surface area contributed by atoms with Gasteiger partial charge in [-0.2, -0.15) is 0 Å². The van der Waals surface area contributed by atoms with Gasteiger partial charge in [0.15, 0.2) is 11.5 Å². The molecular formula is C24H26N2O3. The highest BCUT2D eigenvalue weighted by Gasteiger charge is 2.19. The first kappa shape index (κ1) is 20.4. The lowest BCUT2D eigenvalue weighted by Crippen LogP contribution is -2.30. The minimum Gasteiger partial charge on any atom is -0.504 e. The summed E-state index contributed by atoms with van der Waals surface area (Å²) < 4.78 is 5.14.